The van der Waals surface area contributed by atoms with E-state index in [1.54, 1.807) is 12.1 Å². The molecule has 0 aliphatic carbocycles. The van der Waals surface area contributed by atoms with Crippen LogP contribution in [0.5, 0.6) is 11.5 Å². The molecule has 0 aromatic heterocycles. The summed E-state index contributed by atoms with van der Waals surface area (Å²) in [7, 11) is 1.32. The van der Waals surface area contributed by atoms with Crippen LogP contribution < -0.4 is 15.2 Å². The zero-order valence-electron chi connectivity index (χ0n) is 11.0. The van der Waals surface area contributed by atoms with Crippen molar-refractivity contribution in [3.8, 4) is 11.5 Å². The molecule has 0 fully saturated rings. The van der Waals surface area contributed by atoms with Crippen molar-refractivity contribution in [1.29, 1.82) is 0 Å². The van der Waals surface area contributed by atoms with Gasteiger partial charge in [0.05, 0.1) is 7.11 Å². The summed E-state index contributed by atoms with van der Waals surface area (Å²) in [5, 5.41) is 0. The van der Waals surface area contributed by atoms with Crippen molar-refractivity contribution < 1.29 is 19.0 Å². The highest BCUT2D eigenvalue weighted by atomic mass is 32.1. The van der Waals surface area contributed by atoms with Gasteiger partial charge in [0.25, 0.3) is 0 Å². The predicted octanol–water partition coefficient (Wildman–Crippen LogP) is 1.47. The Labute approximate surface area is 117 Å². The number of hydrogen-bond donors (Lipinski definition) is 1. The summed E-state index contributed by atoms with van der Waals surface area (Å²) >= 11 is 4.74. The molecule has 0 radical (unpaired) electrons. The quantitative estimate of drug-likeness (QED) is 0.603. The molecule has 6 heteroatoms. The molecule has 1 aromatic rings. The van der Waals surface area contributed by atoms with Gasteiger partial charge >= 0.3 is 5.97 Å². The third-order valence-electron chi connectivity index (χ3n) is 2.37. The zero-order valence-corrected chi connectivity index (χ0v) is 11.8. The Morgan fingerprint density at radius 1 is 1.32 bits per heavy atom. The Morgan fingerprint density at radius 3 is 2.63 bits per heavy atom. The highest BCUT2D eigenvalue weighted by Crippen LogP contribution is 2.24. The molecule has 0 saturated heterocycles. The number of aryl methyl sites for hydroxylation is 1. The van der Waals surface area contributed by atoms with Crippen molar-refractivity contribution in [3.05, 3.63) is 23.8 Å². The maximum atomic E-state index is 11.0. The molecule has 1 rings (SSSR count). The van der Waals surface area contributed by atoms with E-state index in [4.69, 9.17) is 27.4 Å². The lowest BCUT2D eigenvalue weighted by Gasteiger charge is -2.12. The van der Waals surface area contributed by atoms with E-state index in [9.17, 15) is 4.79 Å². The zero-order chi connectivity index (χ0) is 14.3. The van der Waals surface area contributed by atoms with Gasteiger partial charge in [0, 0.05) is 0 Å². The molecule has 0 atom stereocenters. The fraction of sp³-hybridized carbons (Fsp3) is 0.385. The third-order valence-corrected chi connectivity index (χ3v) is 2.48. The number of ether oxygens (including phenoxy) is 3. The first-order valence-electron chi connectivity index (χ1n) is 5.80. The summed E-state index contributed by atoms with van der Waals surface area (Å²) in [4.78, 5) is 11.3. The van der Waals surface area contributed by atoms with Gasteiger partial charge in [-0.3, -0.25) is 0 Å². The van der Waals surface area contributed by atoms with Gasteiger partial charge < -0.3 is 19.9 Å². The Kier molecular flexibility index (Phi) is 6.08. The van der Waals surface area contributed by atoms with Crippen molar-refractivity contribution in [2.24, 2.45) is 5.73 Å². The normalized spacial score (nSPS) is 9.79. The van der Waals surface area contributed by atoms with Gasteiger partial charge in [0.2, 0.25) is 0 Å². The average Bonchev–Trinajstić information content (AvgIpc) is 2.42. The molecule has 0 bridgehead atoms. The van der Waals surface area contributed by atoms with E-state index in [-0.39, 0.29) is 13.2 Å². The summed E-state index contributed by atoms with van der Waals surface area (Å²) < 4.78 is 15.3. The Morgan fingerprint density at radius 2 is 2.05 bits per heavy atom. The van der Waals surface area contributed by atoms with Crippen LogP contribution in [0.2, 0.25) is 0 Å². The van der Waals surface area contributed by atoms with Crippen LogP contribution >= 0.6 is 12.2 Å². The van der Waals surface area contributed by atoms with E-state index in [2.05, 4.69) is 4.74 Å². The van der Waals surface area contributed by atoms with Crippen molar-refractivity contribution in [2.45, 2.75) is 13.3 Å². The summed E-state index contributed by atoms with van der Waals surface area (Å²) in [5.41, 5.74) is 6.30. The number of carbonyl (C=O) groups is 1. The second-order valence-corrected chi connectivity index (χ2v) is 4.27. The third kappa shape index (κ3) is 5.13. The van der Waals surface area contributed by atoms with Gasteiger partial charge in [-0.25, -0.2) is 4.79 Å². The molecule has 0 aliphatic heterocycles. The number of nitrogens with two attached hydrogens (primary N) is 1. The van der Waals surface area contributed by atoms with E-state index in [1.165, 1.54) is 7.11 Å². The van der Waals surface area contributed by atoms with Gasteiger partial charge in [-0.1, -0.05) is 19.1 Å². The lowest BCUT2D eigenvalue weighted by atomic mass is 10.1. The monoisotopic (exact) mass is 283 g/mol. The van der Waals surface area contributed by atoms with E-state index in [0.29, 0.717) is 16.5 Å². The fourth-order valence-corrected chi connectivity index (χ4v) is 1.47. The first kappa shape index (κ1) is 15.2. The molecule has 104 valence electrons. The summed E-state index contributed by atoms with van der Waals surface area (Å²) in [6.07, 6.45) is 0.751. The van der Waals surface area contributed by atoms with Gasteiger partial charge in [-0.05, 0) is 30.2 Å². The number of thiocarbonyl (C=S) groups is 1. The molecule has 0 amide bonds. The van der Waals surface area contributed by atoms with E-state index < -0.39 is 5.97 Å². The maximum absolute atomic E-state index is 11.0. The molecule has 0 heterocycles. The molecule has 19 heavy (non-hydrogen) atoms. The SMILES string of the molecule is CCc1cc(OCC(N)=S)ccc1OCC(=O)OC. The molecule has 0 unspecified atom stereocenters. The summed E-state index contributed by atoms with van der Waals surface area (Å²) in [6.45, 7) is 2.06. The van der Waals surface area contributed by atoms with Gasteiger partial charge in [-0.2, -0.15) is 0 Å². The van der Waals surface area contributed by atoms with Crippen molar-refractivity contribution in [2.75, 3.05) is 20.3 Å². The minimum Gasteiger partial charge on any atom is -0.486 e. The highest BCUT2D eigenvalue weighted by Gasteiger charge is 2.07. The lowest BCUT2D eigenvalue weighted by Crippen LogP contribution is -2.18. The van der Waals surface area contributed by atoms with Crippen LogP contribution in [0, 0.1) is 0 Å². The molecule has 0 aliphatic rings. The Hall–Kier alpha value is -1.82. The van der Waals surface area contributed by atoms with Crippen LogP contribution in [0.1, 0.15) is 12.5 Å². The van der Waals surface area contributed by atoms with Crippen LogP contribution in [0.4, 0.5) is 0 Å². The Balaban J connectivity index is 2.72. The molecular weight excluding hydrogens is 266 g/mol. The highest BCUT2D eigenvalue weighted by molar-refractivity contribution is 7.80. The smallest absolute Gasteiger partial charge is 0.343 e. The van der Waals surface area contributed by atoms with Crippen LogP contribution in [0.25, 0.3) is 0 Å². The number of carbonyl (C=O) groups excluding carboxylic acids is 1. The van der Waals surface area contributed by atoms with Crippen molar-refractivity contribution >= 4 is 23.2 Å². The first-order valence-corrected chi connectivity index (χ1v) is 6.21. The van der Waals surface area contributed by atoms with Gasteiger partial charge in [0.15, 0.2) is 6.61 Å². The fourth-order valence-electron chi connectivity index (χ4n) is 1.41. The number of methoxy groups -OCH3 is 1. The molecule has 2 N–H and O–H groups in total. The lowest BCUT2D eigenvalue weighted by molar-refractivity contribution is -0.142. The largest absolute Gasteiger partial charge is 0.486 e. The minimum absolute atomic E-state index is 0.114. The molecule has 5 nitrogen and oxygen atoms in total. The number of benzene rings is 1. The number of rotatable bonds is 7. The summed E-state index contributed by atoms with van der Waals surface area (Å²) in [6, 6.07) is 5.33. The van der Waals surface area contributed by atoms with E-state index >= 15 is 0 Å². The molecular formula is C13H17NO4S. The predicted molar refractivity (Wildman–Crippen MR) is 75.6 cm³/mol. The van der Waals surface area contributed by atoms with Crippen LogP contribution in [-0.2, 0) is 16.0 Å². The molecule has 0 spiro atoms. The van der Waals surface area contributed by atoms with E-state index in [1.807, 2.05) is 13.0 Å². The van der Waals surface area contributed by atoms with E-state index in [0.717, 1.165) is 12.0 Å². The van der Waals surface area contributed by atoms with Crippen LogP contribution in [0.3, 0.4) is 0 Å². The Bertz CT molecular complexity index is 462. The van der Waals surface area contributed by atoms with Crippen molar-refractivity contribution in [1.82, 2.24) is 0 Å². The molecule has 0 saturated carbocycles. The van der Waals surface area contributed by atoms with Crippen molar-refractivity contribution in [3.63, 3.8) is 0 Å². The second kappa shape index (κ2) is 7.58. The minimum atomic E-state index is -0.420. The topological polar surface area (TPSA) is 70.8 Å². The standard InChI is InChI=1S/C13H17NO4S/c1-3-9-6-10(17-7-12(14)19)4-5-11(9)18-8-13(15)16-2/h4-6H,3,7-8H2,1-2H3,(H2,14,19). The van der Waals surface area contributed by atoms with Gasteiger partial charge in [0.1, 0.15) is 23.1 Å². The van der Waals surface area contributed by atoms with Crippen LogP contribution in [-0.4, -0.2) is 31.3 Å². The molecule has 1 aromatic carbocycles. The van der Waals surface area contributed by atoms with Gasteiger partial charge in [-0.15, -0.1) is 0 Å². The number of esters is 1. The number of hydrogen-bond acceptors (Lipinski definition) is 5. The first-order chi connectivity index (χ1) is 9.06. The average molecular weight is 283 g/mol. The second-order valence-electron chi connectivity index (χ2n) is 3.74. The summed E-state index contributed by atoms with van der Waals surface area (Å²) in [5.74, 6) is 0.876. The van der Waals surface area contributed by atoms with Crippen LogP contribution in [0.15, 0.2) is 18.2 Å². The maximum Gasteiger partial charge on any atom is 0.343 e.